The van der Waals surface area contributed by atoms with E-state index in [1.165, 1.54) is 35.9 Å². The zero-order valence-corrected chi connectivity index (χ0v) is 28.3. The molecule has 4 heterocycles. The molecule has 10 nitrogen and oxygen atoms in total. The molecule has 0 unspecified atom stereocenters. The van der Waals surface area contributed by atoms with Gasteiger partial charge in [-0.15, -0.1) is 0 Å². The van der Waals surface area contributed by atoms with Gasteiger partial charge >= 0.3 is 6.09 Å². The van der Waals surface area contributed by atoms with E-state index in [1.807, 2.05) is 65.8 Å². The minimum Gasteiger partial charge on any atom is -0.467 e. The van der Waals surface area contributed by atoms with Crippen LogP contribution in [0.25, 0.3) is 28.0 Å². The summed E-state index contributed by atoms with van der Waals surface area (Å²) in [6.45, 7) is 12.3. The second-order valence-electron chi connectivity index (χ2n) is 13.6. The number of fused-ring (bicyclic) bond motifs is 5. The number of aromatic nitrogens is 2. The number of hydrogen-bond acceptors (Lipinski definition) is 8. The van der Waals surface area contributed by atoms with E-state index < -0.39 is 23.3 Å². The van der Waals surface area contributed by atoms with E-state index in [-0.39, 0.29) is 53.0 Å². The summed E-state index contributed by atoms with van der Waals surface area (Å²) in [6, 6.07) is 12.5. The van der Waals surface area contributed by atoms with Crippen LogP contribution in [0.2, 0.25) is 0 Å². The molecule has 2 aliphatic heterocycles. The molecular weight excluding hydrogens is 620 g/mol. The van der Waals surface area contributed by atoms with Crippen LogP contribution in [-0.4, -0.2) is 71.8 Å². The molecule has 12 heteroatoms. The van der Waals surface area contributed by atoms with E-state index in [1.54, 1.807) is 4.90 Å². The molecule has 2 aromatic carbocycles. The van der Waals surface area contributed by atoms with Crippen molar-refractivity contribution in [1.29, 1.82) is 0 Å². The minimum absolute atomic E-state index is 0.0406. The summed E-state index contributed by atoms with van der Waals surface area (Å²) in [5, 5.41) is 3.68. The Labute approximate surface area is 278 Å². The van der Waals surface area contributed by atoms with Crippen LogP contribution in [0.5, 0.6) is 5.75 Å². The summed E-state index contributed by atoms with van der Waals surface area (Å²) in [6.07, 6.45) is -0.417. The van der Waals surface area contributed by atoms with E-state index >= 15 is 8.78 Å². The van der Waals surface area contributed by atoms with Gasteiger partial charge in [-0.2, -0.15) is 0 Å². The Kier molecular flexibility index (Phi) is 8.80. The first kappa shape index (κ1) is 33.2. The van der Waals surface area contributed by atoms with Crippen molar-refractivity contribution in [2.75, 3.05) is 43.8 Å². The number of rotatable bonds is 6. The van der Waals surface area contributed by atoms with Crippen LogP contribution in [0.4, 0.5) is 25.0 Å². The summed E-state index contributed by atoms with van der Waals surface area (Å²) < 4.78 is 49.7. The molecule has 4 aromatic rings. The molecule has 0 radical (unpaired) electrons. The van der Waals surface area contributed by atoms with Crippen LogP contribution in [0.1, 0.15) is 53.0 Å². The number of pyridine rings is 2. The molecule has 1 amide bonds. The number of amides is 1. The van der Waals surface area contributed by atoms with Gasteiger partial charge in [0.15, 0.2) is 18.3 Å². The van der Waals surface area contributed by atoms with Gasteiger partial charge in [0.05, 0.1) is 23.0 Å². The van der Waals surface area contributed by atoms with Crippen molar-refractivity contribution < 1.29 is 27.8 Å². The van der Waals surface area contributed by atoms with E-state index in [0.717, 1.165) is 5.56 Å². The lowest BCUT2D eigenvalue weighted by Gasteiger charge is -2.49. The summed E-state index contributed by atoms with van der Waals surface area (Å²) in [4.78, 5) is 36.3. The molecule has 48 heavy (non-hydrogen) atoms. The summed E-state index contributed by atoms with van der Waals surface area (Å²) in [5.74, 6) is -1.44. The number of carbonyl (C=O) groups excluding carboxylic acids is 1. The third-order valence-corrected chi connectivity index (χ3v) is 8.69. The molecule has 0 aliphatic carbocycles. The van der Waals surface area contributed by atoms with Gasteiger partial charge < -0.3 is 29.3 Å². The van der Waals surface area contributed by atoms with Crippen molar-refractivity contribution in [3.05, 3.63) is 76.1 Å². The standard InChI is InChI=1S/C36H41F2N5O5/c1-20(2)23-11-8-9-13-27(23)43-33-24(15-26(38)30(40-33)29-25(37)12-10-14-28(29)47-19-46-7)32-31(34(43)44)39-16-22-18-41(21(3)17-42(22)32)35(45)48-36(4,5)6/h8-15,20-22,39H,16-19H2,1-7H3/t21-,22+/m1/s1. The summed E-state index contributed by atoms with van der Waals surface area (Å²) >= 11 is 0. The highest BCUT2D eigenvalue weighted by atomic mass is 19.1. The van der Waals surface area contributed by atoms with Gasteiger partial charge in [0.1, 0.15) is 28.5 Å². The summed E-state index contributed by atoms with van der Waals surface area (Å²) in [5.41, 5.74) is 0.913. The maximum absolute atomic E-state index is 16.4. The predicted octanol–water partition coefficient (Wildman–Crippen LogP) is 6.68. The third-order valence-electron chi connectivity index (χ3n) is 8.69. The quantitative estimate of drug-likeness (QED) is 0.229. The van der Waals surface area contributed by atoms with Crippen molar-refractivity contribution >= 4 is 28.5 Å². The molecular formula is C36H41F2N5O5. The predicted molar refractivity (Wildman–Crippen MR) is 181 cm³/mol. The van der Waals surface area contributed by atoms with Gasteiger partial charge in [-0.3, -0.25) is 9.36 Å². The van der Waals surface area contributed by atoms with E-state index in [4.69, 9.17) is 19.2 Å². The minimum atomic E-state index is -0.790. The van der Waals surface area contributed by atoms with E-state index in [2.05, 4.69) is 10.2 Å². The third kappa shape index (κ3) is 5.93. The van der Waals surface area contributed by atoms with Crippen LogP contribution >= 0.6 is 0 Å². The first-order chi connectivity index (χ1) is 22.8. The lowest BCUT2D eigenvalue weighted by Crippen LogP contribution is -2.63. The smallest absolute Gasteiger partial charge is 0.410 e. The topological polar surface area (TPSA) is 98.2 Å². The van der Waals surface area contributed by atoms with Crippen LogP contribution < -0.4 is 20.5 Å². The van der Waals surface area contributed by atoms with Crippen LogP contribution in [0.15, 0.2) is 53.3 Å². The van der Waals surface area contributed by atoms with Gasteiger partial charge in [0.25, 0.3) is 5.56 Å². The Hall–Kier alpha value is -4.71. The number of anilines is 2. The monoisotopic (exact) mass is 661 g/mol. The van der Waals surface area contributed by atoms with E-state index in [0.29, 0.717) is 42.1 Å². The molecule has 1 N–H and O–H groups in total. The molecule has 6 rings (SSSR count). The highest BCUT2D eigenvalue weighted by molar-refractivity contribution is 6.00. The van der Waals surface area contributed by atoms with E-state index in [9.17, 15) is 9.59 Å². The van der Waals surface area contributed by atoms with Gasteiger partial charge in [-0.1, -0.05) is 38.1 Å². The van der Waals surface area contributed by atoms with Crippen LogP contribution in [-0.2, 0) is 9.47 Å². The van der Waals surface area contributed by atoms with Gasteiger partial charge in [-0.05, 0) is 63.4 Å². The molecule has 2 aromatic heterocycles. The highest BCUT2D eigenvalue weighted by Gasteiger charge is 2.41. The number of methoxy groups -OCH3 is 1. The van der Waals surface area contributed by atoms with Crippen molar-refractivity contribution in [2.45, 2.75) is 65.1 Å². The first-order valence-corrected chi connectivity index (χ1v) is 16.1. The molecule has 254 valence electrons. The molecule has 1 saturated heterocycles. The van der Waals surface area contributed by atoms with Gasteiger partial charge in [0, 0.05) is 38.2 Å². The second-order valence-corrected chi connectivity index (χ2v) is 13.6. The number of carbonyl (C=O) groups is 1. The molecule has 0 bridgehead atoms. The van der Waals surface area contributed by atoms with Gasteiger partial charge in [-0.25, -0.2) is 18.6 Å². The Morgan fingerprint density at radius 3 is 2.54 bits per heavy atom. The molecule has 2 atom stereocenters. The normalized spacial score (nSPS) is 17.6. The largest absolute Gasteiger partial charge is 0.467 e. The number of nitrogens with zero attached hydrogens (tertiary/aromatic N) is 4. The fraction of sp³-hybridized carbons (Fsp3) is 0.417. The van der Waals surface area contributed by atoms with Crippen molar-refractivity contribution in [3.63, 3.8) is 0 Å². The molecule has 0 spiro atoms. The second kappa shape index (κ2) is 12.7. The maximum atomic E-state index is 16.4. The molecule has 0 saturated carbocycles. The number of hydrogen-bond donors (Lipinski definition) is 1. The summed E-state index contributed by atoms with van der Waals surface area (Å²) in [7, 11) is 1.43. The Balaban J connectivity index is 1.60. The van der Waals surface area contributed by atoms with Gasteiger partial charge in [0.2, 0.25) is 0 Å². The van der Waals surface area contributed by atoms with Crippen molar-refractivity contribution in [1.82, 2.24) is 14.5 Å². The highest BCUT2D eigenvalue weighted by Crippen LogP contribution is 2.42. The lowest BCUT2D eigenvalue weighted by molar-refractivity contribution is 0.0127. The van der Waals surface area contributed by atoms with Crippen LogP contribution in [0, 0.1) is 11.6 Å². The maximum Gasteiger partial charge on any atom is 0.410 e. The number of benzene rings is 2. The zero-order valence-electron chi connectivity index (χ0n) is 28.3. The fourth-order valence-corrected chi connectivity index (χ4v) is 6.56. The van der Waals surface area contributed by atoms with Crippen molar-refractivity contribution in [3.8, 4) is 22.7 Å². The number of para-hydroxylation sites is 1. The average molecular weight is 662 g/mol. The Bertz CT molecular complexity index is 1940. The SMILES string of the molecule is COCOc1cccc(F)c1-c1nc2c(cc1F)c1c(c(=O)n2-c2ccccc2C(C)C)NC[C@H]2CN(C(=O)OC(C)(C)C)[C@H](C)CN12. The average Bonchev–Trinajstić information content (AvgIpc) is 3.03. The first-order valence-electron chi connectivity index (χ1n) is 16.1. The fourth-order valence-electron chi connectivity index (χ4n) is 6.56. The number of halogens is 2. The van der Waals surface area contributed by atoms with Crippen molar-refractivity contribution in [2.24, 2.45) is 0 Å². The molecule has 2 aliphatic rings. The number of nitrogens with one attached hydrogen (secondary N) is 1. The Morgan fingerprint density at radius 1 is 1.08 bits per heavy atom. The molecule has 1 fully saturated rings. The van der Waals surface area contributed by atoms with Crippen LogP contribution in [0.3, 0.4) is 0 Å². The lowest BCUT2D eigenvalue weighted by atomic mass is 9.98. The number of piperazine rings is 1. The zero-order chi connectivity index (χ0) is 34.5. The Morgan fingerprint density at radius 2 is 1.83 bits per heavy atom. The number of ether oxygens (including phenoxy) is 3.